The number of rotatable bonds is 4. The summed E-state index contributed by atoms with van der Waals surface area (Å²) in [5.41, 5.74) is 1.15. The van der Waals surface area contributed by atoms with Crippen LogP contribution in [-0.2, 0) is 12.8 Å². The van der Waals surface area contributed by atoms with E-state index in [-0.39, 0.29) is 12.1 Å². The van der Waals surface area contributed by atoms with Gasteiger partial charge in [0.1, 0.15) is 12.4 Å². The molecule has 2 aromatic rings. The summed E-state index contributed by atoms with van der Waals surface area (Å²) in [6, 6.07) is 12.0. The van der Waals surface area contributed by atoms with Crippen LogP contribution in [0.4, 0.5) is 4.79 Å². The molecule has 2 N–H and O–H groups in total. The van der Waals surface area contributed by atoms with Crippen LogP contribution >= 0.6 is 11.3 Å². The highest BCUT2D eigenvalue weighted by atomic mass is 32.1. The van der Waals surface area contributed by atoms with Crippen LogP contribution in [0.2, 0.25) is 0 Å². The molecule has 2 amide bonds. The number of ether oxygens (including phenoxy) is 1. The Bertz CT molecular complexity index is 598. The van der Waals surface area contributed by atoms with Gasteiger partial charge in [-0.2, -0.15) is 0 Å². The Kier molecular flexibility index (Phi) is 4.40. The summed E-state index contributed by atoms with van der Waals surface area (Å²) in [6.07, 6.45) is 1.68. The summed E-state index contributed by atoms with van der Waals surface area (Å²) in [7, 11) is 0. The first-order valence-corrected chi connectivity index (χ1v) is 7.96. The van der Waals surface area contributed by atoms with E-state index in [0.29, 0.717) is 13.2 Å². The van der Waals surface area contributed by atoms with Crippen LogP contribution < -0.4 is 15.4 Å². The van der Waals surface area contributed by atoms with Gasteiger partial charge < -0.3 is 15.4 Å². The maximum absolute atomic E-state index is 11.9. The molecule has 0 radical (unpaired) electrons. The maximum Gasteiger partial charge on any atom is 0.315 e. The van der Waals surface area contributed by atoms with Crippen molar-refractivity contribution in [1.29, 1.82) is 0 Å². The normalized spacial score (nSPS) is 16.7. The zero-order valence-corrected chi connectivity index (χ0v) is 12.5. The molecule has 0 spiro atoms. The molecule has 4 nitrogen and oxygen atoms in total. The largest absolute Gasteiger partial charge is 0.491 e. The van der Waals surface area contributed by atoms with Gasteiger partial charge in [0, 0.05) is 11.4 Å². The smallest absolute Gasteiger partial charge is 0.315 e. The molecule has 0 saturated heterocycles. The second-order valence-electron chi connectivity index (χ2n) is 5.05. The first-order chi connectivity index (χ1) is 10.3. The molecule has 1 aromatic heterocycles. The molecular weight excluding hydrogens is 284 g/mol. The molecule has 1 aliphatic heterocycles. The van der Waals surface area contributed by atoms with Crippen molar-refractivity contribution >= 4 is 17.4 Å². The van der Waals surface area contributed by atoms with E-state index in [9.17, 15) is 4.79 Å². The number of hydrogen-bond donors (Lipinski definition) is 2. The molecule has 1 aliphatic rings. The van der Waals surface area contributed by atoms with Gasteiger partial charge in [-0.1, -0.05) is 24.3 Å². The molecule has 110 valence electrons. The third-order valence-electron chi connectivity index (χ3n) is 3.45. The summed E-state index contributed by atoms with van der Waals surface area (Å²) in [4.78, 5) is 13.2. The average molecular weight is 302 g/mol. The number of para-hydroxylation sites is 1. The SMILES string of the molecule is O=C(NCCc1cccs1)N[C@@H]1COc2ccccc2C1. The van der Waals surface area contributed by atoms with Crippen LogP contribution in [0.5, 0.6) is 5.75 Å². The minimum atomic E-state index is -0.125. The summed E-state index contributed by atoms with van der Waals surface area (Å²) in [5.74, 6) is 0.925. The van der Waals surface area contributed by atoms with Crippen molar-refractivity contribution in [2.45, 2.75) is 18.9 Å². The van der Waals surface area contributed by atoms with E-state index in [1.165, 1.54) is 4.88 Å². The van der Waals surface area contributed by atoms with Crippen LogP contribution in [0.1, 0.15) is 10.4 Å². The van der Waals surface area contributed by atoms with Crippen molar-refractivity contribution in [3.05, 3.63) is 52.2 Å². The van der Waals surface area contributed by atoms with Crippen LogP contribution in [0.25, 0.3) is 0 Å². The lowest BCUT2D eigenvalue weighted by molar-refractivity contribution is 0.214. The third-order valence-corrected chi connectivity index (χ3v) is 4.39. The predicted molar refractivity (Wildman–Crippen MR) is 84.0 cm³/mol. The van der Waals surface area contributed by atoms with E-state index < -0.39 is 0 Å². The first kappa shape index (κ1) is 13.9. The van der Waals surface area contributed by atoms with Crippen LogP contribution in [-0.4, -0.2) is 25.2 Å². The number of benzene rings is 1. The number of fused-ring (bicyclic) bond motifs is 1. The minimum Gasteiger partial charge on any atom is -0.491 e. The van der Waals surface area contributed by atoms with Crippen LogP contribution in [0.3, 0.4) is 0 Å². The number of amides is 2. The fourth-order valence-electron chi connectivity index (χ4n) is 2.41. The van der Waals surface area contributed by atoms with Gasteiger partial charge >= 0.3 is 6.03 Å². The monoisotopic (exact) mass is 302 g/mol. The molecule has 21 heavy (non-hydrogen) atoms. The fourth-order valence-corrected chi connectivity index (χ4v) is 3.12. The Balaban J connectivity index is 1.43. The Labute approximate surface area is 128 Å². The molecule has 1 aromatic carbocycles. The molecule has 0 bridgehead atoms. The minimum absolute atomic E-state index is 0.0293. The summed E-state index contributed by atoms with van der Waals surface area (Å²) >= 11 is 1.71. The van der Waals surface area contributed by atoms with Gasteiger partial charge in [0.2, 0.25) is 0 Å². The number of hydrogen-bond acceptors (Lipinski definition) is 3. The molecule has 5 heteroatoms. The van der Waals surface area contributed by atoms with Gasteiger partial charge in [-0.05, 0) is 35.9 Å². The van der Waals surface area contributed by atoms with E-state index in [0.717, 1.165) is 24.2 Å². The summed E-state index contributed by atoms with van der Waals surface area (Å²) < 4.78 is 5.66. The van der Waals surface area contributed by atoms with Gasteiger partial charge in [-0.15, -0.1) is 11.3 Å². The van der Waals surface area contributed by atoms with Gasteiger partial charge in [0.05, 0.1) is 6.04 Å². The molecule has 0 saturated carbocycles. The number of carbonyl (C=O) groups excluding carboxylic acids is 1. The van der Waals surface area contributed by atoms with Gasteiger partial charge in [-0.3, -0.25) is 0 Å². The third kappa shape index (κ3) is 3.76. The van der Waals surface area contributed by atoms with E-state index >= 15 is 0 Å². The molecule has 0 fully saturated rings. The molecular formula is C16H18N2O2S. The van der Waals surface area contributed by atoms with E-state index in [1.807, 2.05) is 35.7 Å². The topological polar surface area (TPSA) is 50.4 Å². The highest BCUT2D eigenvalue weighted by Crippen LogP contribution is 2.23. The Hall–Kier alpha value is -2.01. The van der Waals surface area contributed by atoms with Crippen LogP contribution in [0.15, 0.2) is 41.8 Å². The Morgan fingerprint density at radius 3 is 3.05 bits per heavy atom. The van der Waals surface area contributed by atoms with E-state index in [4.69, 9.17) is 4.74 Å². The van der Waals surface area contributed by atoms with Crippen molar-refractivity contribution in [3.63, 3.8) is 0 Å². The Morgan fingerprint density at radius 1 is 1.29 bits per heavy atom. The van der Waals surface area contributed by atoms with Gasteiger partial charge in [0.25, 0.3) is 0 Å². The second kappa shape index (κ2) is 6.63. The molecule has 1 atom stereocenters. The zero-order valence-electron chi connectivity index (χ0n) is 11.7. The molecule has 0 aliphatic carbocycles. The predicted octanol–water partition coefficient (Wildman–Crippen LogP) is 2.59. The first-order valence-electron chi connectivity index (χ1n) is 7.09. The lowest BCUT2D eigenvalue weighted by atomic mass is 10.0. The van der Waals surface area contributed by atoms with Crippen molar-refractivity contribution in [1.82, 2.24) is 10.6 Å². The number of urea groups is 1. The quantitative estimate of drug-likeness (QED) is 0.912. The lowest BCUT2D eigenvalue weighted by Crippen LogP contribution is -2.47. The fraction of sp³-hybridized carbons (Fsp3) is 0.312. The summed E-state index contributed by atoms with van der Waals surface area (Å²) in [6.45, 7) is 1.17. The lowest BCUT2D eigenvalue weighted by Gasteiger charge is -2.26. The molecule has 2 heterocycles. The van der Waals surface area contributed by atoms with Crippen molar-refractivity contribution in [3.8, 4) is 5.75 Å². The molecule has 0 unspecified atom stereocenters. The van der Waals surface area contributed by atoms with E-state index in [2.05, 4.69) is 16.7 Å². The molecule has 3 rings (SSSR count). The maximum atomic E-state index is 11.9. The highest BCUT2D eigenvalue weighted by Gasteiger charge is 2.20. The standard InChI is InChI=1S/C16H18N2O2S/c19-16(17-8-7-14-5-3-9-21-14)18-13-10-12-4-1-2-6-15(12)20-11-13/h1-6,9,13H,7-8,10-11H2,(H2,17,18,19)/t13-/m0/s1. The number of thiophene rings is 1. The van der Waals surface area contributed by atoms with Gasteiger partial charge in [0.15, 0.2) is 0 Å². The van der Waals surface area contributed by atoms with Crippen LogP contribution in [0, 0.1) is 0 Å². The zero-order chi connectivity index (χ0) is 14.5. The highest BCUT2D eigenvalue weighted by molar-refractivity contribution is 7.09. The number of nitrogens with one attached hydrogen (secondary N) is 2. The van der Waals surface area contributed by atoms with Crippen molar-refractivity contribution in [2.24, 2.45) is 0 Å². The van der Waals surface area contributed by atoms with Crippen molar-refractivity contribution in [2.75, 3.05) is 13.2 Å². The second-order valence-corrected chi connectivity index (χ2v) is 6.08. The number of carbonyl (C=O) groups is 1. The van der Waals surface area contributed by atoms with Gasteiger partial charge in [-0.25, -0.2) is 4.79 Å². The summed E-state index contributed by atoms with van der Waals surface area (Å²) in [5, 5.41) is 7.91. The Morgan fingerprint density at radius 2 is 2.19 bits per heavy atom. The average Bonchev–Trinajstić information content (AvgIpc) is 3.00. The van der Waals surface area contributed by atoms with E-state index in [1.54, 1.807) is 11.3 Å². The van der Waals surface area contributed by atoms with Crippen molar-refractivity contribution < 1.29 is 9.53 Å².